The lowest BCUT2D eigenvalue weighted by Gasteiger charge is -2.12. The second kappa shape index (κ2) is 4.16. The van der Waals surface area contributed by atoms with Crippen LogP contribution in [0.3, 0.4) is 0 Å². The molecule has 0 atom stereocenters. The zero-order valence-corrected chi connectivity index (χ0v) is 9.07. The maximum Gasteiger partial charge on any atom is 0.329 e. The Morgan fingerprint density at radius 2 is 2.00 bits per heavy atom. The van der Waals surface area contributed by atoms with Crippen molar-refractivity contribution in [3.05, 3.63) is 35.6 Å². The first-order chi connectivity index (χ1) is 8.03. The smallest absolute Gasteiger partial charge is 0.329 e. The molecule has 1 aromatic rings. The molecule has 0 saturated heterocycles. The predicted octanol–water partition coefficient (Wildman–Crippen LogP) is 1.10. The van der Waals surface area contributed by atoms with Crippen molar-refractivity contribution in [2.24, 2.45) is 0 Å². The van der Waals surface area contributed by atoms with Crippen LogP contribution in [0, 0.1) is 5.82 Å². The second-order valence-electron chi connectivity index (χ2n) is 4.20. The Kier molecular flexibility index (Phi) is 2.83. The van der Waals surface area contributed by atoms with E-state index in [0.29, 0.717) is 12.8 Å². The average Bonchev–Trinajstić information content (AvgIpc) is 3.02. The summed E-state index contributed by atoms with van der Waals surface area (Å²) in [6, 6.07) is 5.95. The van der Waals surface area contributed by atoms with E-state index in [4.69, 9.17) is 5.11 Å². The van der Waals surface area contributed by atoms with Gasteiger partial charge in [0.05, 0.1) is 6.42 Å². The van der Waals surface area contributed by atoms with Crippen LogP contribution in [-0.2, 0) is 16.0 Å². The Morgan fingerprint density at radius 3 is 2.53 bits per heavy atom. The highest BCUT2D eigenvalue weighted by atomic mass is 19.1. The van der Waals surface area contributed by atoms with Crippen molar-refractivity contribution in [2.45, 2.75) is 24.8 Å². The van der Waals surface area contributed by atoms with Crippen LogP contribution < -0.4 is 5.32 Å². The van der Waals surface area contributed by atoms with Crippen LogP contribution in [-0.4, -0.2) is 22.5 Å². The predicted molar refractivity (Wildman–Crippen MR) is 57.8 cm³/mol. The molecule has 4 nitrogen and oxygen atoms in total. The van der Waals surface area contributed by atoms with Gasteiger partial charge in [-0.05, 0) is 24.5 Å². The summed E-state index contributed by atoms with van der Waals surface area (Å²) >= 11 is 0. The van der Waals surface area contributed by atoms with Crippen molar-refractivity contribution in [2.75, 3.05) is 0 Å². The molecule has 0 heterocycles. The Balaban J connectivity index is 1.99. The average molecular weight is 237 g/mol. The fraction of sp³-hybridized carbons (Fsp3) is 0.333. The zero-order valence-electron chi connectivity index (χ0n) is 9.07. The Labute approximate surface area is 97.4 Å². The minimum Gasteiger partial charge on any atom is -0.480 e. The molecule has 0 aliphatic heterocycles. The largest absolute Gasteiger partial charge is 0.480 e. The van der Waals surface area contributed by atoms with Crippen LogP contribution in [0.5, 0.6) is 0 Å². The fourth-order valence-electron chi connectivity index (χ4n) is 1.64. The minimum atomic E-state index is -1.11. The summed E-state index contributed by atoms with van der Waals surface area (Å²) in [6.07, 6.45) is 0.735. The summed E-state index contributed by atoms with van der Waals surface area (Å²) in [4.78, 5) is 22.4. The summed E-state index contributed by atoms with van der Waals surface area (Å²) in [7, 11) is 0. The molecular formula is C12H12FNO3. The van der Waals surface area contributed by atoms with E-state index in [1.54, 1.807) is 6.07 Å². The number of amides is 1. The second-order valence-corrected chi connectivity index (χ2v) is 4.20. The molecule has 5 heteroatoms. The fourth-order valence-corrected chi connectivity index (χ4v) is 1.64. The van der Waals surface area contributed by atoms with Gasteiger partial charge in [-0.3, -0.25) is 4.79 Å². The molecule has 0 bridgehead atoms. The van der Waals surface area contributed by atoms with E-state index in [9.17, 15) is 14.0 Å². The van der Waals surface area contributed by atoms with Gasteiger partial charge in [-0.15, -0.1) is 0 Å². The van der Waals surface area contributed by atoms with Crippen molar-refractivity contribution in [3.63, 3.8) is 0 Å². The highest BCUT2D eigenvalue weighted by molar-refractivity contribution is 5.90. The van der Waals surface area contributed by atoms with Crippen LogP contribution in [0.4, 0.5) is 4.39 Å². The first-order valence-electron chi connectivity index (χ1n) is 5.31. The van der Waals surface area contributed by atoms with Crippen molar-refractivity contribution in [1.82, 2.24) is 5.32 Å². The third-order valence-corrected chi connectivity index (χ3v) is 2.85. The number of benzene rings is 1. The summed E-state index contributed by atoms with van der Waals surface area (Å²) < 4.78 is 13.3. The molecule has 1 fully saturated rings. The molecule has 2 rings (SSSR count). The lowest BCUT2D eigenvalue weighted by atomic mass is 10.1. The van der Waals surface area contributed by atoms with Gasteiger partial charge in [-0.25, -0.2) is 9.18 Å². The van der Waals surface area contributed by atoms with Gasteiger partial charge < -0.3 is 10.4 Å². The Bertz CT molecular complexity index is 469. The minimum absolute atomic E-state index is 0.137. The quantitative estimate of drug-likeness (QED) is 0.824. The van der Waals surface area contributed by atoms with Gasteiger partial charge in [0.15, 0.2) is 0 Å². The number of carboxylic acids is 1. The number of carbonyl (C=O) groups excluding carboxylic acids is 1. The van der Waals surface area contributed by atoms with Crippen molar-refractivity contribution in [3.8, 4) is 0 Å². The molecule has 0 radical (unpaired) electrons. The molecule has 1 amide bonds. The van der Waals surface area contributed by atoms with Crippen molar-refractivity contribution in [1.29, 1.82) is 0 Å². The molecule has 1 aliphatic carbocycles. The van der Waals surface area contributed by atoms with Crippen LogP contribution in [0.25, 0.3) is 0 Å². The van der Waals surface area contributed by atoms with E-state index in [1.165, 1.54) is 18.2 Å². The first kappa shape index (κ1) is 11.6. The van der Waals surface area contributed by atoms with Crippen molar-refractivity contribution < 1.29 is 19.1 Å². The third kappa shape index (κ3) is 2.43. The number of aliphatic carboxylic acids is 1. The van der Waals surface area contributed by atoms with Crippen LogP contribution in [0.15, 0.2) is 24.3 Å². The molecule has 0 spiro atoms. The summed E-state index contributed by atoms with van der Waals surface area (Å²) in [5.41, 5.74) is -0.839. The van der Waals surface area contributed by atoms with Gasteiger partial charge >= 0.3 is 5.97 Å². The van der Waals surface area contributed by atoms with Crippen LogP contribution in [0.2, 0.25) is 0 Å². The van der Waals surface area contributed by atoms with Crippen LogP contribution >= 0.6 is 0 Å². The maximum absolute atomic E-state index is 13.3. The monoisotopic (exact) mass is 237 g/mol. The van der Waals surface area contributed by atoms with Gasteiger partial charge in [0, 0.05) is 0 Å². The number of carbonyl (C=O) groups is 2. The molecular weight excluding hydrogens is 225 g/mol. The maximum atomic E-state index is 13.3. The highest BCUT2D eigenvalue weighted by Gasteiger charge is 2.51. The summed E-state index contributed by atoms with van der Waals surface area (Å²) in [5, 5.41) is 11.3. The van der Waals surface area contributed by atoms with Gasteiger partial charge in [-0.2, -0.15) is 0 Å². The SMILES string of the molecule is O=C(Cc1ccccc1F)NC1(C(=O)O)CC1. The Hall–Kier alpha value is -1.91. The van der Waals surface area contributed by atoms with E-state index in [-0.39, 0.29) is 12.0 Å². The third-order valence-electron chi connectivity index (χ3n) is 2.85. The number of halogens is 1. The molecule has 1 aliphatic rings. The zero-order chi connectivity index (χ0) is 12.5. The van der Waals surface area contributed by atoms with E-state index < -0.39 is 23.2 Å². The van der Waals surface area contributed by atoms with E-state index in [1.807, 2.05) is 0 Å². The van der Waals surface area contributed by atoms with Gasteiger partial charge in [0.1, 0.15) is 11.4 Å². The molecule has 0 aromatic heterocycles. The molecule has 1 saturated carbocycles. The molecule has 90 valence electrons. The Morgan fingerprint density at radius 1 is 1.35 bits per heavy atom. The van der Waals surface area contributed by atoms with E-state index in [2.05, 4.69) is 5.32 Å². The lowest BCUT2D eigenvalue weighted by Crippen LogP contribution is -2.43. The summed E-state index contributed by atoms with van der Waals surface area (Å²) in [6.45, 7) is 0. The van der Waals surface area contributed by atoms with E-state index >= 15 is 0 Å². The number of hydrogen-bond acceptors (Lipinski definition) is 2. The standard InChI is InChI=1S/C12H12FNO3/c13-9-4-2-1-3-8(9)7-10(15)14-12(5-6-12)11(16)17/h1-4H,5-7H2,(H,14,15)(H,16,17). The van der Waals surface area contributed by atoms with Crippen molar-refractivity contribution >= 4 is 11.9 Å². The lowest BCUT2D eigenvalue weighted by molar-refractivity contribution is -0.143. The normalized spacial score (nSPS) is 16.3. The number of carboxylic acid groups (broad SMARTS) is 1. The molecule has 17 heavy (non-hydrogen) atoms. The molecule has 2 N–H and O–H groups in total. The molecule has 1 aromatic carbocycles. The topological polar surface area (TPSA) is 66.4 Å². The molecule has 0 unspecified atom stereocenters. The number of nitrogens with one attached hydrogen (secondary N) is 1. The van der Waals surface area contributed by atoms with Crippen LogP contribution in [0.1, 0.15) is 18.4 Å². The number of rotatable bonds is 4. The summed E-state index contributed by atoms with van der Waals surface area (Å²) in [5.74, 6) is -1.95. The van der Waals surface area contributed by atoms with Gasteiger partial charge in [0.25, 0.3) is 0 Å². The van der Waals surface area contributed by atoms with Gasteiger partial charge in [0.2, 0.25) is 5.91 Å². The number of hydrogen-bond donors (Lipinski definition) is 2. The first-order valence-corrected chi connectivity index (χ1v) is 5.31. The van der Waals surface area contributed by atoms with Gasteiger partial charge in [-0.1, -0.05) is 18.2 Å². The van der Waals surface area contributed by atoms with E-state index in [0.717, 1.165) is 0 Å². The highest BCUT2D eigenvalue weighted by Crippen LogP contribution is 2.35.